The SMILES string of the molecule is COC(=O)[C@H]1CNC(=O)CN1C(=O)CN1C(=O)N[C@@](C)(c2ccc3ccccc3c2)C1=O. The van der Waals surface area contributed by atoms with Crippen LogP contribution in [0.3, 0.4) is 0 Å². The molecule has 2 aliphatic rings. The fourth-order valence-electron chi connectivity index (χ4n) is 4.01. The Labute approximate surface area is 183 Å². The number of imide groups is 1. The van der Waals surface area contributed by atoms with E-state index in [1.165, 1.54) is 7.11 Å². The first-order valence-corrected chi connectivity index (χ1v) is 10.0. The monoisotopic (exact) mass is 438 g/mol. The molecule has 32 heavy (non-hydrogen) atoms. The third-order valence-corrected chi connectivity index (χ3v) is 5.87. The van der Waals surface area contributed by atoms with Crippen LogP contribution in [-0.4, -0.2) is 72.3 Å². The molecule has 0 saturated carbocycles. The van der Waals surface area contributed by atoms with Crippen molar-refractivity contribution in [2.24, 2.45) is 0 Å². The summed E-state index contributed by atoms with van der Waals surface area (Å²) in [5.41, 5.74) is -0.781. The van der Waals surface area contributed by atoms with Gasteiger partial charge in [0.25, 0.3) is 5.91 Å². The van der Waals surface area contributed by atoms with Gasteiger partial charge >= 0.3 is 12.0 Å². The second kappa shape index (κ2) is 7.95. The fourth-order valence-corrected chi connectivity index (χ4v) is 4.01. The molecule has 4 rings (SSSR count). The number of nitrogens with zero attached hydrogens (tertiary/aromatic N) is 2. The minimum absolute atomic E-state index is 0.105. The molecule has 2 aromatic carbocycles. The molecule has 2 aliphatic heterocycles. The van der Waals surface area contributed by atoms with Crippen molar-refractivity contribution < 1.29 is 28.7 Å². The van der Waals surface area contributed by atoms with Crippen LogP contribution in [0.5, 0.6) is 0 Å². The van der Waals surface area contributed by atoms with Gasteiger partial charge in [-0.3, -0.25) is 19.3 Å². The molecule has 2 atom stereocenters. The lowest BCUT2D eigenvalue weighted by atomic mass is 9.90. The normalized spacial score (nSPS) is 23.2. The van der Waals surface area contributed by atoms with Gasteiger partial charge in [0.15, 0.2) is 0 Å². The molecule has 0 aromatic heterocycles. The maximum atomic E-state index is 13.2. The third kappa shape index (κ3) is 3.53. The first-order chi connectivity index (χ1) is 15.2. The molecule has 10 nitrogen and oxygen atoms in total. The number of carbonyl (C=O) groups is 5. The van der Waals surface area contributed by atoms with Crippen LogP contribution in [0.2, 0.25) is 0 Å². The summed E-state index contributed by atoms with van der Waals surface area (Å²) in [4.78, 5) is 64.4. The van der Waals surface area contributed by atoms with E-state index < -0.39 is 47.8 Å². The van der Waals surface area contributed by atoms with Crippen LogP contribution in [0.1, 0.15) is 12.5 Å². The molecule has 0 unspecified atom stereocenters. The number of urea groups is 1. The number of nitrogens with one attached hydrogen (secondary N) is 2. The molecule has 0 bridgehead atoms. The second-order valence-electron chi connectivity index (χ2n) is 7.87. The van der Waals surface area contributed by atoms with Gasteiger partial charge in [0, 0.05) is 6.54 Å². The molecular formula is C22H22N4O6. The molecule has 5 amide bonds. The summed E-state index contributed by atoms with van der Waals surface area (Å²) in [6, 6.07) is 11.3. The van der Waals surface area contributed by atoms with E-state index in [0.717, 1.165) is 20.6 Å². The average Bonchev–Trinajstić information content (AvgIpc) is 3.01. The van der Waals surface area contributed by atoms with Crippen LogP contribution in [-0.2, 0) is 29.5 Å². The molecule has 2 heterocycles. The first kappa shape index (κ1) is 21.3. The van der Waals surface area contributed by atoms with Crippen molar-refractivity contribution in [1.82, 2.24) is 20.4 Å². The Hall–Kier alpha value is -3.95. The van der Waals surface area contributed by atoms with Gasteiger partial charge in [-0.15, -0.1) is 0 Å². The van der Waals surface area contributed by atoms with Crippen LogP contribution in [0.15, 0.2) is 42.5 Å². The van der Waals surface area contributed by atoms with E-state index in [4.69, 9.17) is 4.74 Å². The smallest absolute Gasteiger partial charge is 0.330 e. The molecule has 0 spiro atoms. The number of fused-ring (bicyclic) bond motifs is 1. The third-order valence-electron chi connectivity index (χ3n) is 5.87. The number of piperazine rings is 1. The first-order valence-electron chi connectivity index (χ1n) is 10.0. The Morgan fingerprint density at radius 2 is 1.84 bits per heavy atom. The fraction of sp³-hybridized carbons (Fsp3) is 0.318. The Bertz CT molecular complexity index is 1150. The molecule has 0 radical (unpaired) electrons. The summed E-state index contributed by atoms with van der Waals surface area (Å²) in [6.07, 6.45) is 0. The van der Waals surface area contributed by atoms with Crippen molar-refractivity contribution in [3.63, 3.8) is 0 Å². The van der Waals surface area contributed by atoms with Gasteiger partial charge in [0.1, 0.15) is 24.7 Å². The largest absolute Gasteiger partial charge is 0.467 e. The predicted molar refractivity (Wildman–Crippen MR) is 112 cm³/mol. The van der Waals surface area contributed by atoms with Gasteiger partial charge in [-0.05, 0) is 29.3 Å². The molecule has 2 saturated heterocycles. The van der Waals surface area contributed by atoms with Crippen LogP contribution in [0.25, 0.3) is 10.8 Å². The molecule has 2 aromatic rings. The maximum Gasteiger partial charge on any atom is 0.330 e. The lowest BCUT2D eigenvalue weighted by molar-refractivity contribution is -0.156. The summed E-state index contributed by atoms with van der Waals surface area (Å²) in [5.74, 6) is -2.45. The molecule has 10 heteroatoms. The maximum absolute atomic E-state index is 13.2. The van der Waals surface area contributed by atoms with Crippen molar-refractivity contribution >= 4 is 40.5 Å². The van der Waals surface area contributed by atoms with E-state index in [-0.39, 0.29) is 13.1 Å². The zero-order chi connectivity index (χ0) is 23.0. The Kier molecular flexibility index (Phi) is 5.29. The summed E-state index contributed by atoms with van der Waals surface area (Å²) < 4.78 is 4.70. The van der Waals surface area contributed by atoms with E-state index >= 15 is 0 Å². The second-order valence-corrected chi connectivity index (χ2v) is 7.87. The van der Waals surface area contributed by atoms with E-state index in [1.807, 2.05) is 36.4 Å². The summed E-state index contributed by atoms with van der Waals surface area (Å²) in [7, 11) is 1.17. The number of rotatable bonds is 4. The molecule has 166 valence electrons. The molecule has 2 fully saturated rings. The molecule has 0 aliphatic carbocycles. The number of hydrogen-bond donors (Lipinski definition) is 2. The number of ether oxygens (including phenoxy) is 1. The van der Waals surface area contributed by atoms with Crippen LogP contribution in [0.4, 0.5) is 4.79 Å². The number of carbonyl (C=O) groups excluding carboxylic acids is 5. The number of methoxy groups -OCH3 is 1. The standard InChI is InChI=1S/C22H22N4O6/c1-22(15-8-7-13-5-3-4-6-14(13)9-15)20(30)26(21(31)24-22)12-18(28)25-11-17(27)23-10-16(25)19(29)32-2/h3-9,16H,10-12H2,1-2H3,(H,23,27)(H,24,31)/t16-,22+/m1/s1. The lowest BCUT2D eigenvalue weighted by Gasteiger charge is -2.34. The summed E-state index contributed by atoms with van der Waals surface area (Å²) >= 11 is 0. The zero-order valence-electron chi connectivity index (χ0n) is 17.6. The van der Waals surface area contributed by atoms with Crippen molar-refractivity contribution in [1.29, 1.82) is 0 Å². The summed E-state index contributed by atoms with van der Waals surface area (Å²) in [6.45, 7) is 0.498. The minimum Gasteiger partial charge on any atom is -0.467 e. The van der Waals surface area contributed by atoms with Gasteiger partial charge in [-0.25, -0.2) is 9.59 Å². The number of amides is 5. The molecule has 2 N–H and O–H groups in total. The summed E-state index contributed by atoms with van der Waals surface area (Å²) in [5, 5.41) is 7.06. The van der Waals surface area contributed by atoms with Crippen LogP contribution in [0, 0.1) is 0 Å². The number of benzene rings is 2. The topological polar surface area (TPSA) is 125 Å². The predicted octanol–water partition coefficient (Wildman–Crippen LogP) is 0.107. The van der Waals surface area contributed by atoms with Gasteiger partial charge < -0.3 is 20.3 Å². The van der Waals surface area contributed by atoms with E-state index in [1.54, 1.807) is 13.0 Å². The highest BCUT2D eigenvalue weighted by Gasteiger charge is 2.50. The van der Waals surface area contributed by atoms with Crippen molar-refractivity contribution in [2.45, 2.75) is 18.5 Å². The van der Waals surface area contributed by atoms with E-state index in [2.05, 4.69) is 10.6 Å². The van der Waals surface area contributed by atoms with Gasteiger partial charge in [0.05, 0.1) is 7.11 Å². The highest BCUT2D eigenvalue weighted by Crippen LogP contribution is 2.31. The Morgan fingerprint density at radius 1 is 1.12 bits per heavy atom. The van der Waals surface area contributed by atoms with Crippen molar-refractivity contribution in [2.75, 3.05) is 26.7 Å². The van der Waals surface area contributed by atoms with Crippen LogP contribution >= 0.6 is 0 Å². The van der Waals surface area contributed by atoms with Gasteiger partial charge in [-0.2, -0.15) is 0 Å². The quantitative estimate of drug-likeness (QED) is 0.516. The van der Waals surface area contributed by atoms with Crippen molar-refractivity contribution in [3.05, 3.63) is 48.0 Å². The molecular weight excluding hydrogens is 416 g/mol. The highest BCUT2D eigenvalue weighted by molar-refractivity contribution is 6.09. The Morgan fingerprint density at radius 3 is 2.56 bits per heavy atom. The lowest BCUT2D eigenvalue weighted by Crippen LogP contribution is -2.61. The highest BCUT2D eigenvalue weighted by atomic mass is 16.5. The van der Waals surface area contributed by atoms with E-state index in [0.29, 0.717) is 5.56 Å². The van der Waals surface area contributed by atoms with Crippen LogP contribution < -0.4 is 10.6 Å². The minimum atomic E-state index is -1.36. The van der Waals surface area contributed by atoms with Gasteiger partial charge in [-0.1, -0.05) is 36.4 Å². The average molecular weight is 438 g/mol. The zero-order valence-corrected chi connectivity index (χ0v) is 17.6. The van der Waals surface area contributed by atoms with Gasteiger partial charge in [0.2, 0.25) is 11.8 Å². The number of hydrogen-bond acceptors (Lipinski definition) is 6. The Balaban J connectivity index is 1.57. The number of esters is 1. The van der Waals surface area contributed by atoms with E-state index in [9.17, 15) is 24.0 Å². The van der Waals surface area contributed by atoms with Crippen molar-refractivity contribution in [3.8, 4) is 0 Å².